The SMILES string of the molecule is COc1ccc(CCN2C(=O)O[C@@H](CI)[C@H]2c2ccccc2)cc1. The first-order chi connectivity index (χ1) is 11.7. The zero-order chi connectivity index (χ0) is 16.9. The average molecular weight is 437 g/mol. The highest BCUT2D eigenvalue weighted by atomic mass is 127. The van der Waals surface area contributed by atoms with Crippen LogP contribution >= 0.6 is 22.6 Å². The number of carbonyl (C=O) groups excluding carboxylic acids is 1. The van der Waals surface area contributed by atoms with Gasteiger partial charge >= 0.3 is 6.09 Å². The Morgan fingerprint density at radius 3 is 2.46 bits per heavy atom. The molecule has 126 valence electrons. The zero-order valence-corrected chi connectivity index (χ0v) is 15.7. The highest BCUT2D eigenvalue weighted by Gasteiger charge is 2.41. The van der Waals surface area contributed by atoms with E-state index in [0.29, 0.717) is 6.54 Å². The minimum atomic E-state index is -0.223. The number of rotatable bonds is 6. The number of benzene rings is 2. The van der Waals surface area contributed by atoms with Gasteiger partial charge in [0.25, 0.3) is 0 Å². The molecule has 4 nitrogen and oxygen atoms in total. The van der Waals surface area contributed by atoms with E-state index in [1.54, 1.807) is 7.11 Å². The van der Waals surface area contributed by atoms with E-state index >= 15 is 0 Å². The molecule has 2 aromatic carbocycles. The smallest absolute Gasteiger partial charge is 0.410 e. The lowest BCUT2D eigenvalue weighted by Gasteiger charge is -2.24. The molecule has 0 N–H and O–H groups in total. The van der Waals surface area contributed by atoms with Gasteiger partial charge in [-0.3, -0.25) is 4.90 Å². The normalized spacial score (nSPS) is 20.1. The Morgan fingerprint density at radius 2 is 1.83 bits per heavy atom. The highest BCUT2D eigenvalue weighted by molar-refractivity contribution is 14.1. The van der Waals surface area contributed by atoms with E-state index < -0.39 is 0 Å². The molecule has 3 rings (SSSR count). The fourth-order valence-corrected chi connectivity index (χ4v) is 3.67. The summed E-state index contributed by atoms with van der Waals surface area (Å²) >= 11 is 2.28. The van der Waals surface area contributed by atoms with Crippen molar-refractivity contribution in [3.63, 3.8) is 0 Å². The van der Waals surface area contributed by atoms with E-state index in [0.717, 1.165) is 22.2 Å². The fraction of sp³-hybridized carbons (Fsp3) is 0.316. The Morgan fingerprint density at radius 1 is 1.12 bits per heavy atom. The largest absolute Gasteiger partial charge is 0.497 e. The van der Waals surface area contributed by atoms with Crippen molar-refractivity contribution in [2.45, 2.75) is 18.6 Å². The number of methoxy groups -OCH3 is 1. The van der Waals surface area contributed by atoms with E-state index in [4.69, 9.17) is 9.47 Å². The second-order valence-electron chi connectivity index (χ2n) is 5.72. The summed E-state index contributed by atoms with van der Waals surface area (Å²) in [6.07, 6.45) is 0.464. The van der Waals surface area contributed by atoms with Crippen molar-refractivity contribution in [3.05, 3.63) is 65.7 Å². The second kappa shape index (κ2) is 7.88. The first-order valence-corrected chi connectivity index (χ1v) is 9.46. The number of hydrogen-bond acceptors (Lipinski definition) is 3. The molecule has 0 saturated carbocycles. The van der Waals surface area contributed by atoms with E-state index in [2.05, 4.69) is 34.7 Å². The van der Waals surface area contributed by atoms with E-state index in [9.17, 15) is 4.79 Å². The molecular formula is C19H20INO3. The minimum absolute atomic E-state index is 0.0196. The van der Waals surface area contributed by atoms with Crippen LogP contribution in [0.1, 0.15) is 17.2 Å². The quantitative estimate of drug-likeness (QED) is 0.502. The van der Waals surface area contributed by atoms with Crippen molar-refractivity contribution in [3.8, 4) is 5.75 Å². The van der Waals surface area contributed by atoms with Crippen LogP contribution in [0.4, 0.5) is 4.79 Å². The van der Waals surface area contributed by atoms with Crippen LogP contribution in [0.3, 0.4) is 0 Å². The summed E-state index contributed by atoms with van der Waals surface area (Å²) in [4.78, 5) is 14.2. The first kappa shape index (κ1) is 17.1. The lowest BCUT2D eigenvalue weighted by atomic mass is 10.0. The van der Waals surface area contributed by atoms with E-state index in [1.165, 1.54) is 5.56 Å². The van der Waals surface area contributed by atoms with Crippen molar-refractivity contribution in [2.24, 2.45) is 0 Å². The second-order valence-corrected chi connectivity index (χ2v) is 6.60. The molecular weight excluding hydrogens is 417 g/mol. The van der Waals surface area contributed by atoms with Gasteiger partial charge in [0.05, 0.1) is 13.2 Å². The van der Waals surface area contributed by atoms with Crippen LogP contribution < -0.4 is 4.74 Å². The van der Waals surface area contributed by atoms with Gasteiger partial charge in [-0.25, -0.2) is 4.79 Å². The molecule has 1 saturated heterocycles. The molecule has 1 amide bonds. The minimum Gasteiger partial charge on any atom is -0.497 e. The molecule has 0 bridgehead atoms. The van der Waals surface area contributed by atoms with Crippen LogP contribution in [0.5, 0.6) is 5.75 Å². The van der Waals surface area contributed by atoms with Gasteiger partial charge in [0, 0.05) is 11.0 Å². The Kier molecular flexibility index (Phi) is 5.60. The molecule has 1 heterocycles. The van der Waals surface area contributed by atoms with Crippen molar-refractivity contribution in [1.82, 2.24) is 4.90 Å². The van der Waals surface area contributed by atoms with Crippen LogP contribution in [-0.4, -0.2) is 35.2 Å². The number of alkyl halides is 1. The maximum absolute atomic E-state index is 12.3. The molecule has 1 aliphatic heterocycles. The maximum atomic E-state index is 12.3. The molecule has 24 heavy (non-hydrogen) atoms. The third kappa shape index (κ3) is 3.66. The van der Waals surface area contributed by atoms with Crippen molar-refractivity contribution in [2.75, 3.05) is 18.1 Å². The number of ether oxygens (including phenoxy) is 2. The lowest BCUT2D eigenvalue weighted by Crippen LogP contribution is -2.31. The standard InChI is InChI=1S/C19H20INO3/c1-23-16-9-7-14(8-10-16)11-12-21-18(15-5-3-2-4-6-15)17(13-20)24-19(21)22/h2-10,17-18H,11-13H2,1H3/t17-,18+/m0/s1. The summed E-state index contributed by atoms with van der Waals surface area (Å²) in [6, 6.07) is 18.1. The fourth-order valence-electron chi connectivity index (χ4n) is 3.01. The van der Waals surface area contributed by atoms with Crippen molar-refractivity contribution >= 4 is 28.7 Å². The molecule has 0 radical (unpaired) electrons. The van der Waals surface area contributed by atoms with Gasteiger partial charge in [-0.1, -0.05) is 65.1 Å². The van der Waals surface area contributed by atoms with Crippen LogP contribution in [0, 0.1) is 0 Å². The van der Waals surface area contributed by atoms with Crippen LogP contribution in [-0.2, 0) is 11.2 Å². The third-order valence-corrected chi connectivity index (χ3v) is 5.14. The van der Waals surface area contributed by atoms with Gasteiger partial charge < -0.3 is 9.47 Å². The molecule has 2 aromatic rings. The number of carbonyl (C=O) groups is 1. The highest BCUT2D eigenvalue weighted by Crippen LogP contribution is 2.34. The number of nitrogens with zero attached hydrogens (tertiary/aromatic N) is 1. The number of amides is 1. The average Bonchev–Trinajstić information content (AvgIpc) is 2.96. The Bertz CT molecular complexity index is 675. The predicted molar refractivity (Wildman–Crippen MR) is 102 cm³/mol. The first-order valence-electron chi connectivity index (χ1n) is 7.94. The van der Waals surface area contributed by atoms with Gasteiger partial charge in [-0.2, -0.15) is 0 Å². The summed E-state index contributed by atoms with van der Waals surface area (Å²) in [5, 5.41) is 0. The summed E-state index contributed by atoms with van der Waals surface area (Å²) < 4.78 is 11.5. The molecule has 5 heteroatoms. The maximum Gasteiger partial charge on any atom is 0.410 e. The summed E-state index contributed by atoms with van der Waals surface area (Å²) in [5.74, 6) is 0.839. The van der Waals surface area contributed by atoms with Gasteiger partial charge in [-0.05, 0) is 29.7 Å². The molecule has 2 atom stereocenters. The Balaban J connectivity index is 1.75. The van der Waals surface area contributed by atoms with E-state index in [-0.39, 0.29) is 18.2 Å². The number of halogens is 1. The predicted octanol–water partition coefficient (Wildman–Crippen LogP) is 4.23. The van der Waals surface area contributed by atoms with Crippen LogP contribution in [0.25, 0.3) is 0 Å². The monoisotopic (exact) mass is 437 g/mol. The Labute approximate surface area is 155 Å². The van der Waals surface area contributed by atoms with E-state index in [1.807, 2.05) is 47.4 Å². The lowest BCUT2D eigenvalue weighted by molar-refractivity contribution is 0.139. The summed E-state index contributed by atoms with van der Waals surface area (Å²) in [7, 11) is 1.66. The number of hydrogen-bond donors (Lipinski definition) is 0. The van der Waals surface area contributed by atoms with Crippen LogP contribution in [0.15, 0.2) is 54.6 Å². The van der Waals surface area contributed by atoms with Crippen molar-refractivity contribution < 1.29 is 14.3 Å². The molecule has 0 unspecified atom stereocenters. The van der Waals surface area contributed by atoms with Crippen molar-refractivity contribution in [1.29, 1.82) is 0 Å². The number of cyclic esters (lactones) is 1. The molecule has 1 aliphatic rings. The van der Waals surface area contributed by atoms with Gasteiger partial charge in [0.15, 0.2) is 0 Å². The topological polar surface area (TPSA) is 38.8 Å². The Hall–Kier alpha value is -1.76. The zero-order valence-electron chi connectivity index (χ0n) is 13.5. The molecule has 1 fully saturated rings. The van der Waals surface area contributed by atoms with Gasteiger partial charge in [-0.15, -0.1) is 0 Å². The third-order valence-electron chi connectivity index (χ3n) is 4.27. The van der Waals surface area contributed by atoms with Gasteiger partial charge in [0.1, 0.15) is 11.9 Å². The summed E-state index contributed by atoms with van der Waals surface area (Å²) in [5.41, 5.74) is 2.30. The molecule has 0 aromatic heterocycles. The van der Waals surface area contributed by atoms with Crippen LogP contribution in [0.2, 0.25) is 0 Å². The van der Waals surface area contributed by atoms with Gasteiger partial charge in [0.2, 0.25) is 0 Å². The molecule has 0 aliphatic carbocycles. The summed E-state index contributed by atoms with van der Waals surface area (Å²) in [6.45, 7) is 0.637. The molecule has 0 spiro atoms.